The lowest BCUT2D eigenvalue weighted by atomic mass is 9.83. The maximum atomic E-state index is 13.8. The Morgan fingerprint density at radius 1 is 0.824 bits per heavy atom. The number of benzene rings is 3. The van der Waals surface area contributed by atoms with Gasteiger partial charge in [-0.3, -0.25) is 19.4 Å². The average molecular weight is 490 g/mol. The number of anilines is 1. The lowest BCUT2D eigenvalue weighted by molar-refractivity contribution is -0.124. The van der Waals surface area contributed by atoms with Crippen LogP contribution in [0.15, 0.2) is 77.9 Å². The Kier molecular flexibility index (Phi) is 4.83. The normalized spacial score (nSPS) is 24.8. The van der Waals surface area contributed by atoms with Gasteiger partial charge in [-0.2, -0.15) is 5.10 Å². The zero-order valence-corrected chi connectivity index (χ0v) is 19.1. The van der Waals surface area contributed by atoms with Gasteiger partial charge in [0.2, 0.25) is 11.8 Å². The number of Topliss-reactive ketones (excluding diaryl/α,β-unsaturated/α-hetero) is 1. The smallest absolute Gasteiger partial charge is 0.240 e. The molecule has 2 amide bonds. The highest BCUT2D eigenvalue weighted by Gasteiger charge is 2.65. The lowest BCUT2D eigenvalue weighted by Gasteiger charge is -2.33. The topological polar surface area (TPSA) is 70.0 Å². The average Bonchev–Trinajstić information content (AvgIpc) is 3.32. The highest BCUT2D eigenvalue weighted by molar-refractivity contribution is 6.36. The predicted molar refractivity (Wildman–Crippen MR) is 129 cm³/mol. The predicted octanol–water partition coefficient (Wildman–Crippen LogP) is 4.75. The second-order valence-electron chi connectivity index (χ2n) is 8.53. The number of ketones is 1. The van der Waals surface area contributed by atoms with Gasteiger partial charge in [0, 0.05) is 10.6 Å². The van der Waals surface area contributed by atoms with E-state index in [1.165, 1.54) is 0 Å². The van der Waals surface area contributed by atoms with Crippen molar-refractivity contribution < 1.29 is 14.4 Å². The van der Waals surface area contributed by atoms with Crippen molar-refractivity contribution in [2.75, 3.05) is 4.90 Å². The molecular formula is C26H17Cl2N3O3. The fraction of sp³-hybridized carbons (Fsp3) is 0.154. The molecule has 0 N–H and O–H groups in total. The molecule has 0 spiro atoms. The number of hydrazone groups is 1. The number of carbonyl (C=O) groups excluding carboxylic acids is 3. The van der Waals surface area contributed by atoms with Crippen LogP contribution >= 0.6 is 23.2 Å². The number of amides is 2. The molecule has 3 aliphatic heterocycles. The molecule has 168 valence electrons. The Balaban J connectivity index is 1.51. The number of fused-ring (bicyclic) bond motifs is 5. The van der Waals surface area contributed by atoms with Crippen LogP contribution in [0, 0.1) is 11.8 Å². The number of rotatable bonds is 3. The Hall–Kier alpha value is -3.48. The molecule has 2 fully saturated rings. The Bertz CT molecular complexity index is 1390. The molecule has 2 saturated heterocycles. The first-order chi connectivity index (χ1) is 16.5. The Morgan fingerprint density at radius 2 is 1.50 bits per heavy atom. The highest BCUT2D eigenvalue weighted by atomic mass is 35.5. The highest BCUT2D eigenvalue weighted by Crippen LogP contribution is 2.53. The summed E-state index contributed by atoms with van der Waals surface area (Å²) >= 11 is 12.4. The number of nitrogens with zero attached hydrogens (tertiary/aromatic N) is 3. The van der Waals surface area contributed by atoms with Gasteiger partial charge in [0.15, 0.2) is 5.78 Å². The summed E-state index contributed by atoms with van der Waals surface area (Å²) < 4.78 is 0. The van der Waals surface area contributed by atoms with Crippen LogP contribution in [0.2, 0.25) is 10.0 Å². The summed E-state index contributed by atoms with van der Waals surface area (Å²) in [6, 6.07) is 19.4. The molecule has 0 aromatic heterocycles. The molecule has 3 aromatic rings. The fourth-order valence-electron chi connectivity index (χ4n) is 5.32. The van der Waals surface area contributed by atoms with Crippen LogP contribution in [0.1, 0.15) is 27.5 Å². The van der Waals surface area contributed by atoms with Crippen molar-refractivity contribution in [3.63, 3.8) is 0 Å². The van der Waals surface area contributed by atoms with Gasteiger partial charge in [-0.15, -0.1) is 0 Å². The van der Waals surface area contributed by atoms with Crippen molar-refractivity contribution in [1.82, 2.24) is 5.01 Å². The summed E-state index contributed by atoms with van der Waals surface area (Å²) in [6.07, 6.45) is 1.68. The summed E-state index contributed by atoms with van der Waals surface area (Å²) in [5, 5.41) is 6.99. The number of halogens is 2. The van der Waals surface area contributed by atoms with Crippen LogP contribution < -0.4 is 4.90 Å². The third-order valence-electron chi connectivity index (χ3n) is 6.78. The number of imide groups is 1. The minimum Gasteiger partial charge on any atom is -0.292 e. The van der Waals surface area contributed by atoms with E-state index in [-0.39, 0.29) is 11.7 Å². The molecular weight excluding hydrogens is 473 g/mol. The van der Waals surface area contributed by atoms with E-state index in [0.29, 0.717) is 21.3 Å². The molecule has 6 rings (SSSR count). The number of hydrogen-bond donors (Lipinski definition) is 0. The van der Waals surface area contributed by atoms with Crippen LogP contribution in [0.5, 0.6) is 0 Å². The Labute approximate surface area is 205 Å². The number of para-hydroxylation sites is 1. The maximum Gasteiger partial charge on any atom is 0.240 e. The van der Waals surface area contributed by atoms with Crippen LogP contribution in [0.4, 0.5) is 5.69 Å². The molecule has 8 heteroatoms. The zero-order valence-electron chi connectivity index (χ0n) is 17.6. The molecule has 3 aliphatic rings. The summed E-state index contributed by atoms with van der Waals surface area (Å²) in [4.78, 5) is 42.5. The Morgan fingerprint density at radius 3 is 2.26 bits per heavy atom. The molecule has 0 radical (unpaired) electrons. The molecule has 4 atom stereocenters. The van der Waals surface area contributed by atoms with E-state index in [4.69, 9.17) is 23.2 Å². The fourth-order valence-corrected chi connectivity index (χ4v) is 5.67. The van der Waals surface area contributed by atoms with Gasteiger partial charge in [0.1, 0.15) is 6.04 Å². The molecule has 3 heterocycles. The van der Waals surface area contributed by atoms with E-state index in [1.54, 1.807) is 59.8 Å². The summed E-state index contributed by atoms with van der Waals surface area (Å²) in [5.74, 6) is -2.79. The second-order valence-corrected chi connectivity index (χ2v) is 9.37. The van der Waals surface area contributed by atoms with Gasteiger partial charge in [-0.1, -0.05) is 59.6 Å². The van der Waals surface area contributed by atoms with E-state index in [1.807, 2.05) is 24.3 Å². The van der Waals surface area contributed by atoms with Crippen LogP contribution in [0.25, 0.3) is 0 Å². The molecule has 6 nitrogen and oxygen atoms in total. The standard InChI is InChI=1S/C26H17Cl2N3O3/c27-16-11-9-14(10-12-16)24(32)23-21-20(22-17-6-2-1-5-15(17)13-29-31(22)23)25(33)30(26(21)34)19-8-4-3-7-18(19)28/h1-13,20-23H/t20-,21+,22-,23-/m1/s1. The largest absolute Gasteiger partial charge is 0.292 e. The van der Waals surface area contributed by atoms with Crippen molar-refractivity contribution in [1.29, 1.82) is 0 Å². The first-order valence-corrected chi connectivity index (χ1v) is 11.6. The van der Waals surface area contributed by atoms with Crippen LogP contribution in [0.3, 0.4) is 0 Å². The summed E-state index contributed by atoms with van der Waals surface area (Å²) in [5.41, 5.74) is 2.45. The molecule has 0 bridgehead atoms. The molecule has 0 aliphatic carbocycles. The van der Waals surface area contributed by atoms with Crippen LogP contribution in [-0.2, 0) is 9.59 Å². The summed E-state index contributed by atoms with van der Waals surface area (Å²) in [7, 11) is 0. The van der Waals surface area contributed by atoms with Crippen molar-refractivity contribution in [3.05, 3.63) is 99.5 Å². The first kappa shape index (κ1) is 21.1. The quantitative estimate of drug-likeness (QED) is 0.393. The molecule has 0 unspecified atom stereocenters. The van der Waals surface area contributed by atoms with Crippen molar-refractivity contribution in [2.45, 2.75) is 12.1 Å². The third-order valence-corrected chi connectivity index (χ3v) is 7.36. The van der Waals surface area contributed by atoms with Crippen LogP contribution in [-0.4, -0.2) is 34.9 Å². The monoisotopic (exact) mass is 489 g/mol. The van der Waals surface area contributed by atoms with Gasteiger partial charge >= 0.3 is 0 Å². The maximum absolute atomic E-state index is 13.8. The number of hydrogen-bond acceptors (Lipinski definition) is 5. The van der Waals surface area contributed by atoms with Gasteiger partial charge in [-0.05, 0) is 47.5 Å². The van der Waals surface area contributed by atoms with Gasteiger partial charge in [0.05, 0.1) is 34.8 Å². The van der Waals surface area contributed by atoms with Gasteiger partial charge < -0.3 is 0 Å². The van der Waals surface area contributed by atoms with Gasteiger partial charge in [-0.25, -0.2) is 4.90 Å². The minimum absolute atomic E-state index is 0.284. The van der Waals surface area contributed by atoms with Crippen molar-refractivity contribution >= 4 is 52.7 Å². The molecule has 3 aromatic carbocycles. The second kappa shape index (κ2) is 7.79. The van der Waals surface area contributed by atoms with Gasteiger partial charge in [0.25, 0.3) is 0 Å². The first-order valence-electron chi connectivity index (χ1n) is 10.8. The van der Waals surface area contributed by atoms with E-state index in [0.717, 1.165) is 16.0 Å². The van der Waals surface area contributed by atoms with Crippen molar-refractivity contribution in [2.24, 2.45) is 16.9 Å². The molecule has 0 saturated carbocycles. The van der Waals surface area contributed by atoms with E-state index in [2.05, 4.69) is 5.10 Å². The third kappa shape index (κ3) is 2.95. The van der Waals surface area contributed by atoms with E-state index in [9.17, 15) is 14.4 Å². The lowest BCUT2D eigenvalue weighted by Crippen LogP contribution is -2.44. The van der Waals surface area contributed by atoms with Crippen molar-refractivity contribution in [3.8, 4) is 0 Å². The zero-order chi connectivity index (χ0) is 23.6. The number of carbonyl (C=O) groups is 3. The minimum atomic E-state index is -0.940. The summed E-state index contributed by atoms with van der Waals surface area (Å²) in [6.45, 7) is 0. The van der Waals surface area contributed by atoms with E-state index >= 15 is 0 Å². The SMILES string of the molecule is O=C(c1ccc(Cl)cc1)[C@H]1[C@H]2C(=O)N(c3ccccc3Cl)C(=O)[C@H]2[C@H]2c3ccccc3C=NN21. The molecule has 34 heavy (non-hydrogen) atoms. The van der Waals surface area contributed by atoms with E-state index < -0.39 is 29.8 Å².